The zero-order valence-electron chi connectivity index (χ0n) is 12.1. The lowest BCUT2D eigenvalue weighted by Crippen LogP contribution is -2.24. The van der Waals surface area contributed by atoms with Crippen LogP contribution in [0.2, 0.25) is 0 Å². The van der Waals surface area contributed by atoms with E-state index in [1.807, 2.05) is 12.4 Å². The largest absolute Gasteiger partial charge is 0.338 e. The summed E-state index contributed by atoms with van der Waals surface area (Å²) >= 11 is 0. The molecule has 2 aromatic rings. The predicted octanol–water partition coefficient (Wildman–Crippen LogP) is 2.89. The highest BCUT2D eigenvalue weighted by molar-refractivity contribution is 5.20. The first-order chi connectivity index (χ1) is 9.83. The number of benzene rings is 1. The number of hydrogen-bond acceptors (Lipinski definition) is 2. The molecule has 1 aliphatic carbocycles. The fraction of sp³-hybridized carbons (Fsp3) is 0.471. The first-order valence-corrected chi connectivity index (χ1v) is 7.57. The standard InChI is InChI=1S/C17H23N3/c1-20-12-11-18-17(20)10-7-15(13-19-16-8-9-16)14-5-3-2-4-6-14/h2-6,11-12,15-16,19H,7-10,13H2,1H3. The lowest BCUT2D eigenvalue weighted by atomic mass is 9.94. The molecule has 0 amide bonds. The molecule has 0 spiro atoms. The second-order valence-electron chi connectivity index (χ2n) is 5.78. The van der Waals surface area contributed by atoms with Crippen molar-refractivity contribution < 1.29 is 0 Å². The molecule has 1 aromatic heterocycles. The Balaban J connectivity index is 1.63. The van der Waals surface area contributed by atoms with Gasteiger partial charge in [-0.2, -0.15) is 0 Å². The highest BCUT2D eigenvalue weighted by atomic mass is 15.0. The third-order valence-corrected chi connectivity index (χ3v) is 4.14. The molecule has 1 aliphatic rings. The molecule has 1 heterocycles. The minimum Gasteiger partial charge on any atom is -0.338 e. The molecule has 3 nitrogen and oxygen atoms in total. The van der Waals surface area contributed by atoms with Crippen LogP contribution in [0.4, 0.5) is 0 Å². The molecule has 20 heavy (non-hydrogen) atoms. The summed E-state index contributed by atoms with van der Waals surface area (Å²) in [7, 11) is 2.07. The van der Waals surface area contributed by atoms with Gasteiger partial charge in [0.1, 0.15) is 5.82 Å². The molecule has 0 bridgehead atoms. The second kappa shape index (κ2) is 6.23. The summed E-state index contributed by atoms with van der Waals surface area (Å²) in [6.45, 7) is 1.08. The van der Waals surface area contributed by atoms with Gasteiger partial charge in [-0.25, -0.2) is 4.98 Å². The van der Waals surface area contributed by atoms with E-state index in [1.54, 1.807) is 0 Å². The molecular formula is C17H23N3. The van der Waals surface area contributed by atoms with Gasteiger partial charge in [0.15, 0.2) is 0 Å². The fourth-order valence-corrected chi connectivity index (χ4v) is 2.65. The van der Waals surface area contributed by atoms with Crippen molar-refractivity contribution in [1.29, 1.82) is 0 Å². The topological polar surface area (TPSA) is 29.9 Å². The van der Waals surface area contributed by atoms with Crippen molar-refractivity contribution in [3.63, 3.8) is 0 Å². The number of nitrogens with zero attached hydrogens (tertiary/aromatic N) is 2. The molecular weight excluding hydrogens is 246 g/mol. The van der Waals surface area contributed by atoms with E-state index in [9.17, 15) is 0 Å². The number of rotatable bonds is 7. The molecule has 106 valence electrons. The number of aryl methyl sites for hydroxylation is 2. The fourth-order valence-electron chi connectivity index (χ4n) is 2.65. The van der Waals surface area contributed by atoms with Crippen molar-refractivity contribution in [2.45, 2.75) is 37.6 Å². The smallest absolute Gasteiger partial charge is 0.108 e. The summed E-state index contributed by atoms with van der Waals surface area (Å²) in [5.74, 6) is 1.76. The van der Waals surface area contributed by atoms with Crippen molar-refractivity contribution in [2.75, 3.05) is 6.54 Å². The number of aromatic nitrogens is 2. The molecule has 3 rings (SSSR count). The molecule has 3 heteroatoms. The van der Waals surface area contributed by atoms with E-state index >= 15 is 0 Å². The first kappa shape index (κ1) is 13.4. The number of nitrogens with one attached hydrogen (secondary N) is 1. The van der Waals surface area contributed by atoms with E-state index in [0.29, 0.717) is 5.92 Å². The third kappa shape index (κ3) is 3.48. The number of imidazole rings is 1. The van der Waals surface area contributed by atoms with Crippen molar-refractivity contribution in [2.24, 2.45) is 7.05 Å². The Kier molecular flexibility index (Phi) is 4.16. The summed E-state index contributed by atoms with van der Waals surface area (Å²) < 4.78 is 2.12. The molecule has 1 unspecified atom stereocenters. The van der Waals surface area contributed by atoms with E-state index in [2.05, 4.69) is 52.2 Å². The monoisotopic (exact) mass is 269 g/mol. The van der Waals surface area contributed by atoms with Crippen molar-refractivity contribution in [1.82, 2.24) is 14.9 Å². The van der Waals surface area contributed by atoms with E-state index in [0.717, 1.165) is 25.4 Å². The lowest BCUT2D eigenvalue weighted by Gasteiger charge is -2.18. The van der Waals surface area contributed by atoms with E-state index in [1.165, 1.54) is 24.2 Å². The Bertz CT molecular complexity index is 528. The van der Waals surface area contributed by atoms with Gasteiger partial charge in [-0.15, -0.1) is 0 Å². The van der Waals surface area contributed by atoms with Crippen LogP contribution in [-0.2, 0) is 13.5 Å². The van der Waals surface area contributed by atoms with Gasteiger partial charge in [0, 0.05) is 38.4 Å². The van der Waals surface area contributed by atoms with Gasteiger partial charge in [0.2, 0.25) is 0 Å². The zero-order valence-corrected chi connectivity index (χ0v) is 12.1. The Morgan fingerprint density at radius 3 is 2.75 bits per heavy atom. The van der Waals surface area contributed by atoms with Gasteiger partial charge < -0.3 is 9.88 Å². The molecule has 1 fully saturated rings. The molecule has 0 aliphatic heterocycles. The van der Waals surface area contributed by atoms with Crippen LogP contribution in [0.25, 0.3) is 0 Å². The Morgan fingerprint density at radius 1 is 1.30 bits per heavy atom. The molecule has 1 N–H and O–H groups in total. The van der Waals surface area contributed by atoms with Crippen molar-refractivity contribution in [3.8, 4) is 0 Å². The quantitative estimate of drug-likeness (QED) is 0.837. The van der Waals surface area contributed by atoms with Gasteiger partial charge >= 0.3 is 0 Å². The van der Waals surface area contributed by atoms with Gasteiger partial charge in [-0.3, -0.25) is 0 Å². The van der Waals surface area contributed by atoms with Gasteiger partial charge in [0.25, 0.3) is 0 Å². The first-order valence-electron chi connectivity index (χ1n) is 7.57. The van der Waals surface area contributed by atoms with Crippen molar-refractivity contribution in [3.05, 3.63) is 54.1 Å². The van der Waals surface area contributed by atoms with Crippen molar-refractivity contribution >= 4 is 0 Å². The third-order valence-electron chi connectivity index (χ3n) is 4.14. The summed E-state index contributed by atoms with van der Waals surface area (Å²) in [5.41, 5.74) is 1.44. The predicted molar refractivity (Wildman–Crippen MR) is 81.7 cm³/mol. The maximum Gasteiger partial charge on any atom is 0.108 e. The van der Waals surface area contributed by atoms with Crippen LogP contribution in [0.3, 0.4) is 0 Å². The minimum absolute atomic E-state index is 0.577. The summed E-state index contributed by atoms with van der Waals surface area (Å²) in [6.07, 6.45) is 8.79. The van der Waals surface area contributed by atoms with Crippen LogP contribution in [0.1, 0.15) is 36.6 Å². The second-order valence-corrected chi connectivity index (χ2v) is 5.78. The maximum atomic E-state index is 4.43. The molecule has 1 aromatic carbocycles. The number of hydrogen-bond donors (Lipinski definition) is 1. The van der Waals surface area contributed by atoms with Gasteiger partial charge in [-0.1, -0.05) is 30.3 Å². The molecule has 0 radical (unpaired) electrons. The van der Waals surface area contributed by atoms with E-state index in [-0.39, 0.29) is 0 Å². The molecule has 0 saturated heterocycles. The minimum atomic E-state index is 0.577. The van der Waals surface area contributed by atoms with Crippen LogP contribution in [0, 0.1) is 0 Å². The van der Waals surface area contributed by atoms with Crippen LogP contribution in [0.15, 0.2) is 42.7 Å². The maximum absolute atomic E-state index is 4.43. The van der Waals surface area contributed by atoms with Crippen LogP contribution in [-0.4, -0.2) is 22.1 Å². The summed E-state index contributed by atoms with van der Waals surface area (Å²) in [5, 5.41) is 3.67. The van der Waals surface area contributed by atoms with Gasteiger partial charge in [0.05, 0.1) is 0 Å². The van der Waals surface area contributed by atoms with E-state index in [4.69, 9.17) is 0 Å². The average molecular weight is 269 g/mol. The Morgan fingerprint density at radius 2 is 2.10 bits per heavy atom. The Hall–Kier alpha value is -1.61. The Labute approximate surface area is 121 Å². The SMILES string of the molecule is Cn1ccnc1CCC(CNC1CC1)c1ccccc1. The molecule has 1 atom stereocenters. The highest BCUT2D eigenvalue weighted by Gasteiger charge is 2.22. The lowest BCUT2D eigenvalue weighted by molar-refractivity contribution is 0.538. The normalized spacial score (nSPS) is 16.2. The van der Waals surface area contributed by atoms with Crippen LogP contribution < -0.4 is 5.32 Å². The summed E-state index contributed by atoms with van der Waals surface area (Å²) in [4.78, 5) is 4.43. The van der Waals surface area contributed by atoms with Crippen LogP contribution >= 0.6 is 0 Å². The average Bonchev–Trinajstić information content (AvgIpc) is 3.22. The van der Waals surface area contributed by atoms with Crippen LogP contribution in [0.5, 0.6) is 0 Å². The zero-order chi connectivity index (χ0) is 13.8. The molecule has 1 saturated carbocycles. The van der Waals surface area contributed by atoms with Gasteiger partial charge in [-0.05, 0) is 30.7 Å². The summed E-state index contributed by atoms with van der Waals surface area (Å²) in [6, 6.07) is 11.6. The van der Waals surface area contributed by atoms with E-state index < -0.39 is 0 Å². The highest BCUT2D eigenvalue weighted by Crippen LogP contribution is 2.24.